The summed E-state index contributed by atoms with van der Waals surface area (Å²) in [4.78, 5) is 0. The SMILES string of the molecule is Cc1cc(Cl)ccc1C(O)c1ccccc1Br. The van der Waals surface area contributed by atoms with Crippen LogP contribution in [0.1, 0.15) is 22.8 Å². The summed E-state index contributed by atoms with van der Waals surface area (Å²) in [5.74, 6) is 0. The Bertz CT molecular complexity index is 539. The third-order valence-electron chi connectivity index (χ3n) is 2.73. The van der Waals surface area contributed by atoms with Crippen LogP contribution in [0.15, 0.2) is 46.9 Å². The minimum atomic E-state index is -0.636. The molecule has 0 heterocycles. The molecule has 17 heavy (non-hydrogen) atoms. The Morgan fingerprint density at radius 2 is 1.82 bits per heavy atom. The van der Waals surface area contributed by atoms with Crippen molar-refractivity contribution >= 4 is 27.5 Å². The average Bonchev–Trinajstić information content (AvgIpc) is 2.29. The molecular formula is C14H12BrClO. The lowest BCUT2D eigenvalue weighted by Gasteiger charge is -2.15. The molecule has 0 aliphatic heterocycles. The number of rotatable bonds is 2. The van der Waals surface area contributed by atoms with Crippen molar-refractivity contribution in [3.63, 3.8) is 0 Å². The van der Waals surface area contributed by atoms with Gasteiger partial charge in [-0.3, -0.25) is 0 Å². The van der Waals surface area contributed by atoms with Crippen molar-refractivity contribution in [2.45, 2.75) is 13.0 Å². The molecule has 1 nitrogen and oxygen atoms in total. The molecule has 3 heteroatoms. The smallest absolute Gasteiger partial charge is 0.105 e. The first kappa shape index (κ1) is 12.6. The first-order chi connectivity index (χ1) is 8.09. The summed E-state index contributed by atoms with van der Waals surface area (Å²) in [5.41, 5.74) is 2.72. The zero-order chi connectivity index (χ0) is 12.4. The Kier molecular flexibility index (Phi) is 3.87. The largest absolute Gasteiger partial charge is 0.384 e. The molecule has 88 valence electrons. The van der Waals surface area contributed by atoms with Crippen LogP contribution in [-0.2, 0) is 0 Å². The number of benzene rings is 2. The van der Waals surface area contributed by atoms with Gasteiger partial charge in [0.1, 0.15) is 6.10 Å². The molecule has 1 unspecified atom stereocenters. The van der Waals surface area contributed by atoms with Crippen LogP contribution in [0.2, 0.25) is 5.02 Å². The van der Waals surface area contributed by atoms with E-state index < -0.39 is 6.10 Å². The van der Waals surface area contributed by atoms with Gasteiger partial charge in [0.05, 0.1) is 0 Å². The van der Waals surface area contributed by atoms with Crippen molar-refractivity contribution in [2.75, 3.05) is 0 Å². The van der Waals surface area contributed by atoms with Crippen molar-refractivity contribution in [1.29, 1.82) is 0 Å². The fraction of sp³-hybridized carbons (Fsp3) is 0.143. The minimum Gasteiger partial charge on any atom is -0.384 e. The van der Waals surface area contributed by atoms with E-state index in [0.29, 0.717) is 5.02 Å². The van der Waals surface area contributed by atoms with Crippen molar-refractivity contribution in [1.82, 2.24) is 0 Å². The highest BCUT2D eigenvalue weighted by molar-refractivity contribution is 9.10. The predicted octanol–water partition coefficient (Wildman–Crippen LogP) is 4.49. The highest BCUT2D eigenvalue weighted by Gasteiger charge is 2.15. The maximum atomic E-state index is 10.4. The van der Waals surface area contributed by atoms with E-state index in [-0.39, 0.29) is 0 Å². The van der Waals surface area contributed by atoms with Gasteiger partial charge in [-0.2, -0.15) is 0 Å². The summed E-state index contributed by atoms with van der Waals surface area (Å²) in [7, 11) is 0. The van der Waals surface area contributed by atoms with Gasteiger partial charge in [-0.15, -0.1) is 0 Å². The third kappa shape index (κ3) is 2.71. The van der Waals surface area contributed by atoms with Gasteiger partial charge in [0.25, 0.3) is 0 Å². The Labute approximate surface area is 114 Å². The fourth-order valence-corrected chi connectivity index (χ4v) is 2.54. The normalized spacial score (nSPS) is 12.5. The average molecular weight is 312 g/mol. The Hall–Kier alpha value is -0.830. The Balaban J connectivity index is 2.44. The molecule has 2 aromatic rings. The second-order valence-electron chi connectivity index (χ2n) is 3.92. The number of hydrogen-bond donors (Lipinski definition) is 1. The molecule has 2 rings (SSSR count). The van der Waals surface area contributed by atoms with Gasteiger partial charge >= 0.3 is 0 Å². The summed E-state index contributed by atoms with van der Waals surface area (Å²) in [5, 5.41) is 11.1. The van der Waals surface area contributed by atoms with Crippen molar-refractivity contribution in [3.8, 4) is 0 Å². The minimum absolute atomic E-state index is 0.636. The van der Waals surface area contributed by atoms with Gasteiger partial charge < -0.3 is 5.11 Å². The zero-order valence-electron chi connectivity index (χ0n) is 9.32. The van der Waals surface area contributed by atoms with Crippen LogP contribution in [-0.4, -0.2) is 5.11 Å². The molecule has 0 bridgehead atoms. The standard InChI is InChI=1S/C14H12BrClO/c1-9-8-10(16)6-7-11(9)14(17)12-4-2-3-5-13(12)15/h2-8,14,17H,1H3. The van der Waals surface area contributed by atoms with Crippen LogP contribution >= 0.6 is 27.5 Å². The van der Waals surface area contributed by atoms with Gasteiger partial charge in [0.15, 0.2) is 0 Å². The predicted molar refractivity (Wildman–Crippen MR) is 74.4 cm³/mol. The highest BCUT2D eigenvalue weighted by Crippen LogP contribution is 2.30. The van der Waals surface area contributed by atoms with Gasteiger partial charge in [-0.25, -0.2) is 0 Å². The molecule has 0 fully saturated rings. The first-order valence-corrected chi connectivity index (χ1v) is 6.45. The second kappa shape index (κ2) is 5.21. The second-order valence-corrected chi connectivity index (χ2v) is 5.22. The molecule has 0 saturated carbocycles. The summed E-state index contributed by atoms with van der Waals surface area (Å²) >= 11 is 9.36. The van der Waals surface area contributed by atoms with E-state index in [1.807, 2.05) is 43.3 Å². The molecule has 1 atom stereocenters. The van der Waals surface area contributed by atoms with E-state index in [1.54, 1.807) is 6.07 Å². The van der Waals surface area contributed by atoms with Gasteiger partial charge in [0.2, 0.25) is 0 Å². The Morgan fingerprint density at radius 1 is 1.12 bits per heavy atom. The Morgan fingerprint density at radius 3 is 2.47 bits per heavy atom. The monoisotopic (exact) mass is 310 g/mol. The maximum Gasteiger partial charge on any atom is 0.105 e. The molecule has 0 aliphatic carbocycles. The lowest BCUT2D eigenvalue weighted by atomic mass is 9.98. The number of halogens is 2. The summed E-state index contributed by atoms with van der Waals surface area (Å²) < 4.78 is 0.904. The van der Waals surface area contributed by atoms with Crippen molar-refractivity contribution in [3.05, 3.63) is 68.7 Å². The molecule has 0 radical (unpaired) electrons. The quantitative estimate of drug-likeness (QED) is 0.866. The molecule has 0 aromatic heterocycles. The number of aryl methyl sites for hydroxylation is 1. The molecule has 1 N–H and O–H groups in total. The van der Waals surface area contributed by atoms with E-state index in [1.165, 1.54) is 0 Å². The van der Waals surface area contributed by atoms with Crippen LogP contribution in [0, 0.1) is 6.92 Å². The van der Waals surface area contributed by atoms with Gasteiger partial charge in [-0.05, 0) is 41.8 Å². The third-order valence-corrected chi connectivity index (χ3v) is 3.68. The molecule has 0 amide bonds. The van der Waals surface area contributed by atoms with Crippen molar-refractivity contribution in [2.24, 2.45) is 0 Å². The summed E-state index contributed by atoms with van der Waals surface area (Å²) in [6, 6.07) is 13.2. The lowest BCUT2D eigenvalue weighted by Crippen LogP contribution is -2.02. The van der Waals surface area contributed by atoms with Gasteiger partial charge in [0, 0.05) is 9.50 Å². The topological polar surface area (TPSA) is 20.2 Å². The van der Waals surface area contributed by atoms with Crippen LogP contribution in [0.5, 0.6) is 0 Å². The van der Waals surface area contributed by atoms with E-state index in [2.05, 4.69) is 15.9 Å². The van der Waals surface area contributed by atoms with E-state index >= 15 is 0 Å². The molecule has 0 aliphatic rings. The van der Waals surface area contributed by atoms with E-state index in [4.69, 9.17) is 11.6 Å². The van der Waals surface area contributed by atoms with Crippen LogP contribution < -0.4 is 0 Å². The number of aliphatic hydroxyl groups is 1. The molecular weight excluding hydrogens is 300 g/mol. The van der Waals surface area contributed by atoms with E-state index in [9.17, 15) is 5.11 Å². The lowest BCUT2D eigenvalue weighted by molar-refractivity contribution is 0.219. The van der Waals surface area contributed by atoms with Crippen molar-refractivity contribution < 1.29 is 5.11 Å². The van der Waals surface area contributed by atoms with Gasteiger partial charge in [-0.1, -0.05) is 51.8 Å². The molecule has 0 spiro atoms. The first-order valence-electron chi connectivity index (χ1n) is 5.28. The fourth-order valence-electron chi connectivity index (χ4n) is 1.81. The van der Waals surface area contributed by atoms with Crippen LogP contribution in [0.4, 0.5) is 0 Å². The van der Waals surface area contributed by atoms with E-state index in [0.717, 1.165) is 21.2 Å². The van der Waals surface area contributed by atoms with Crippen LogP contribution in [0.3, 0.4) is 0 Å². The number of aliphatic hydroxyl groups excluding tert-OH is 1. The zero-order valence-corrected chi connectivity index (χ0v) is 11.7. The summed E-state index contributed by atoms with van der Waals surface area (Å²) in [6.07, 6.45) is -0.636. The highest BCUT2D eigenvalue weighted by atomic mass is 79.9. The summed E-state index contributed by atoms with van der Waals surface area (Å²) in [6.45, 7) is 1.95. The molecule has 2 aromatic carbocycles. The number of hydrogen-bond acceptors (Lipinski definition) is 1. The van der Waals surface area contributed by atoms with Crippen LogP contribution in [0.25, 0.3) is 0 Å². The maximum absolute atomic E-state index is 10.4. The molecule has 0 saturated heterocycles.